The Hall–Kier alpha value is -3.78. The van der Waals surface area contributed by atoms with Gasteiger partial charge in [0, 0.05) is 33.7 Å². The van der Waals surface area contributed by atoms with Crippen LogP contribution in [0.4, 0.5) is 0 Å². The third kappa shape index (κ3) is 4.43. The molecule has 3 nitrogen and oxygen atoms in total. The normalized spacial score (nSPS) is 29.0. The van der Waals surface area contributed by atoms with Crippen LogP contribution < -0.4 is 15.9 Å². The van der Waals surface area contributed by atoms with Gasteiger partial charge in [-0.1, -0.05) is 128 Å². The van der Waals surface area contributed by atoms with Gasteiger partial charge in [0.05, 0.1) is 5.60 Å². The van der Waals surface area contributed by atoms with E-state index in [2.05, 4.69) is 43.3 Å². The second kappa shape index (κ2) is 11.2. The second-order valence-electron chi connectivity index (χ2n) is 14.1. The van der Waals surface area contributed by atoms with Crippen LogP contribution in [0, 0.1) is 17.3 Å². The molecule has 232 valence electrons. The highest BCUT2D eigenvalue weighted by molar-refractivity contribution is 7.85. The molecule has 46 heavy (non-hydrogen) atoms. The molecule has 1 N–H and O–H groups in total. The maximum atomic E-state index is 15.1. The van der Waals surface area contributed by atoms with Crippen LogP contribution in [-0.2, 0) is 15.0 Å². The first-order chi connectivity index (χ1) is 22.3. The van der Waals surface area contributed by atoms with Crippen molar-refractivity contribution in [2.24, 2.45) is 17.3 Å². The van der Waals surface area contributed by atoms with Gasteiger partial charge in [-0.05, 0) is 78.7 Å². The van der Waals surface area contributed by atoms with E-state index in [4.69, 9.17) is 0 Å². The summed E-state index contributed by atoms with van der Waals surface area (Å²) in [5.41, 5.74) is 5.18. The summed E-state index contributed by atoms with van der Waals surface area (Å²) in [5, 5.41) is 15.1. The number of hydrogen-bond acceptors (Lipinski definition) is 3. The summed E-state index contributed by atoms with van der Waals surface area (Å²) in [4.78, 5) is 12.5. The quantitative estimate of drug-likeness (QED) is 0.228. The molecule has 2 saturated carbocycles. The third-order valence-corrected chi connectivity index (χ3v) is 15.1. The van der Waals surface area contributed by atoms with Crippen LogP contribution >= 0.6 is 7.14 Å². The monoisotopic (exact) mass is 624 g/mol. The van der Waals surface area contributed by atoms with Crippen LogP contribution in [0.1, 0.15) is 68.9 Å². The Bertz CT molecular complexity index is 1850. The molecule has 4 aliphatic rings. The van der Waals surface area contributed by atoms with Crippen molar-refractivity contribution < 1.29 is 14.5 Å². The average molecular weight is 625 g/mol. The van der Waals surface area contributed by atoms with E-state index in [1.165, 1.54) is 22.3 Å². The molecule has 4 aromatic carbocycles. The molecular formula is C42H41O3P. The fraction of sp³-hybridized carbons (Fsp3) is 0.310. The Labute approximate surface area is 272 Å². The lowest BCUT2D eigenvalue weighted by Gasteiger charge is -2.55. The Morgan fingerprint density at radius 2 is 1.30 bits per heavy atom. The van der Waals surface area contributed by atoms with Gasteiger partial charge in [-0.2, -0.15) is 0 Å². The molecule has 0 unspecified atom stereocenters. The molecular weight excluding hydrogens is 583 g/mol. The summed E-state index contributed by atoms with van der Waals surface area (Å²) < 4.78 is 15.1. The fourth-order valence-corrected chi connectivity index (χ4v) is 12.4. The fourth-order valence-electron chi connectivity index (χ4n) is 9.79. The lowest BCUT2D eigenvalue weighted by Crippen LogP contribution is -2.50. The predicted molar refractivity (Wildman–Crippen MR) is 186 cm³/mol. The van der Waals surface area contributed by atoms with Crippen LogP contribution in [-0.4, -0.2) is 10.9 Å². The van der Waals surface area contributed by atoms with Crippen LogP contribution in [0.25, 0.3) is 0 Å². The average Bonchev–Trinajstić information content (AvgIpc) is 3.39. The van der Waals surface area contributed by atoms with E-state index in [-0.39, 0.29) is 17.1 Å². The van der Waals surface area contributed by atoms with Crippen molar-refractivity contribution in [1.82, 2.24) is 0 Å². The number of carbonyl (C=O) groups excluding carboxylic acids is 1. The lowest BCUT2D eigenvalue weighted by atomic mass is 9.50. The van der Waals surface area contributed by atoms with Gasteiger partial charge in [0.2, 0.25) is 0 Å². The molecule has 8 rings (SSSR count). The zero-order chi connectivity index (χ0) is 31.5. The van der Waals surface area contributed by atoms with E-state index in [1.54, 1.807) is 0 Å². The maximum absolute atomic E-state index is 15.1. The van der Waals surface area contributed by atoms with Crippen molar-refractivity contribution in [3.05, 3.63) is 149 Å². The van der Waals surface area contributed by atoms with Gasteiger partial charge in [0.25, 0.3) is 0 Å². The van der Waals surface area contributed by atoms with Gasteiger partial charge in [-0.15, -0.1) is 0 Å². The number of aliphatic hydroxyl groups is 1. The summed E-state index contributed by atoms with van der Waals surface area (Å²) in [6.07, 6.45) is 7.88. The molecule has 0 radical (unpaired) electrons. The number of benzene rings is 4. The number of fused-ring (bicyclic) bond motifs is 4. The highest BCUT2D eigenvalue weighted by atomic mass is 31.2. The smallest absolute Gasteiger partial charge is 0.171 e. The highest BCUT2D eigenvalue weighted by Crippen LogP contribution is 2.69. The van der Waals surface area contributed by atoms with E-state index in [0.29, 0.717) is 18.3 Å². The molecule has 4 aliphatic carbocycles. The van der Waals surface area contributed by atoms with E-state index in [9.17, 15) is 9.90 Å². The molecule has 0 heterocycles. The number of ketones is 1. The molecule has 0 aliphatic heterocycles. The van der Waals surface area contributed by atoms with E-state index in [1.807, 2.05) is 84.9 Å². The Kier molecular flexibility index (Phi) is 7.20. The van der Waals surface area contributed by atoms with Gasteiger partial charge in [0.1, 0.15) is 0 Å². The topological polar surface area (TPSA) is 54.4 Å². The Morgan fingerprint density at radius 3 is 1.93 bits per heavy atom. The minimum absolute atomic E-state index is 0.119. The van der Waals surface area contributed by atoms with Gasteiger partial charge < -0.3 is 9.67 Å². The number of carbonyl (C=O) groups is 1. The molecule has 4 heteroatoms. The van der Waals surface area contributed by atoms with Crippen molar-refractivity contribution in [3.63, 3.8) is 0 Å². The molecule has 0 saturated heterocycles. The van der Waals surface area contributed by atoms with Crippen LogP contribution in [0.3, 0.4) is 0 Å². The van der Waals surface area contributed by atoms with Gasteiger partial charge in [0.15, 0.2) is 12.9 Å². The molecule has 5 atom stereocenters. The zero-order valence-electron chi connectivity index (χ0n) is 26.4. The SMILES string of the molecule is C[C@]12C[C@H](c3ccc(P(=O)(c4ccccc4)c4ccccc4)cc3)C3=C4CCC(=O)C=C4CC[C@H]3[C@@H]1CC[C@@]2(O)c1ccccc1. The van der Waals surface area contributed by atoms with Crippen LogP contribution in [0.15, 0.2) is 138 Å². The lowest BCUT2D eigenvalue weighted by molar-refractivity contribution is -0.114. The van der Waals surface area contributed by atoms with Crippen molar-refractivity contribution in [2.75, 3.05) is 0 Å². The highest BCUT2D eigenvalue weighted by Gasteiger charge is 2.63. The molecule has 0 amide bonds. The number of rotatable bonds is 5. The minimum Gasteiger partial charge on any atom is -0.385 e. The molecule has 2 fully saturated rings. The van der Waals surface area contributed by atoms with E-state index in [0.717, 1.165) is 60.0 Å². The van der Waals surface area contributed by atoms with Crippen molar-refractivity contribution >= 4 is 28.8 Å². The first-order valence-electron chi connectivity index (χ1n) is 16.9. The van der Waals surface area contributed by atoms with Crippen molar-refractivity contribution in [2.45, 2.75) is 63.4 Å². The predicted octanol–water partition coefficient (Wildman–Crippen LogP) is 8.11. The van der Waals surface area contributed by atoms with Crippen molar-refractivity contribution in [3.8, 4) is 0 Å². The molecule has 0 bridgehead atoms. The zero-order valence-corrected chi connectivity index (χ0v) is 27.3. The van der Waals surface area contributed by atoms with Crippen molar-refractivity contribution in [1.29, 1.82) is 0 Å². The summed E-state index contributed by atoms with van der Waals surface area (Å²) in [7, 11) is -3.09. The van der Waals surface area contributed by atoms with Gasteiger partial charge in [-0.3, -0.25) is 4.79 Å². The first kappa shape index (κ1) is 29.6. The molecule has 0 aromatic heterocycles. The Morgan fingerprint density at radius 1 is 0.717 bits per heavy atom. The minimum atomic E-state index is -3.09. The van der Waals surface area contributed by atoms with Gasteiger partial charge in [-0.25, -0.2) is 0 Å². The maximum Gasteiger partial charge on any atom is 0.171 e. The molecule has 0 spiro atoms. The van der Waals surface area contributed by atoms with Crippen LogP contribution in [0.5, 0.6) is 0 Å². The summed E-state index contributed by atoms with van der Waals surface area (Å²) in [6.45, 7) is 2.34. The number of hydrogen-bond donors (Lipinski definition) is 1. The Balaban J connectivity index is 1.27. The summed E-state index contributed by atoms with van der Waals surface area (Å²) in [5.74, 6) is 1.12. The van der Waals surface area contributed by atoms with Crippen LogP contribution in [0.2, 0.25) is 0 Å². The van der Waals surface area contributed by atoms with E-state index >= 15 is 4.57 Å². The third-order valence-electron chi connectivity index (χ3n) is 12.0. The largest absolute Gasteiger partial charge is 0.385 e. The second-order valence-corrected chi connectivity index (χ2v) is 16.9. The summed E-state index contributed by atoms with van der Waals surface area (Å²) >= 11 is 0. The summed E-state index contributed by atoms with van der Waals surface area (Å²) in [6, 6.07) is 38.6. The van der Waals surface area contributed by atoms with E-state index < -0.39 is 12.7 Å². The number of allylic oxidation sites excluding steroid dienone is 4. The first-order valence-corrected chi connectivity index (χ1v) is 18.6. The molecule has 4 aromatic rings. The van der Waals surface area contributed by atoms with Gasteiger partial charge >= 0.3 is 0 Å². The standard InChI is InChI=1S/C42H41O3P/c1-41-28-38(29-17-21-35(22-18-29)46(45,33-13-7-3-8-14-33)34-15-9-4-10-16-34)40-36-24-20-32(43)27-30(36)19-23-37(40)39(41)25-26-42(41,44)31-11-5-2-6-12-31/h2-18,21-22,27,37-39,44H,19-20,23-26,28H2,1H3/t37-,38+,39-,41-,42+/m0/s1.